The molecule has 164 valence electrons. The van der Waals surface area contributed by atoms with Gasteiger partial charge in [-0.25, -0.2) is 4.98 Å². The fourth-order valence-electron chi connectivity index (χ4n) is 3.97. The van der Waals surface area contributed by atoms with Crippen molar-refractivity contribution in [3.05, 3.63) is 59.7 Å². The number of methoxy groups -OCH3 is 1. The molecule has 1 fully saturated rings. The van der Waals surface area contributed by atoms with Gasteiger partial charge in [0.25, 0.3) is 0 Å². The second kappa shape index (κ2) is 9.84. The van der Waals surface area contributed by atoms with E-state index in [1.54, 1.807) is 7.11 Å². The van der Waals surface area contributed by atoms with E-state index in [0.29, 0.717) is 10.7 Å². The quantitative estimate of drug-likeness (QED) is 0.590. The van der Waals surface area contributed by atoms with E-state index in [0.717, 1.165) is 67.2 Å². The van der Waals surface area contributed by atoms with Gasteiger partial charge in [0.2, 0.25) is 0 Å². The summed E-state index contributed by atoms with van der Waals surface area (Å²) in [7, 11) is 1.65. The number of aryl methyl sites for hydroxylation is 1. The van der Waals surface area contributed by atoms with Gasteiger partial charge in [0.05, 0.1) is 18.2 Å². The molecule has 2 heterocycles. The number of pyridine rings is 1. The van der Waals surface area contributed by atoms with Crippen molar-refractivity contribution in [3.63, 3.8) is 0 Å². The van der Waals surface area contributed by atoms with Gasteiger partial charge in [-0.3, -0.25) is 0 Å². The molecular formula is C25H27N5OS. The standard InChI is InChI=1S/C25H27N5OS/c1-3-18-5-10-23-19(15-18)16-20(17-26)24(28-23)29-11-4-12-30(14-13-29)25(32)27-21-6-8-22(31-2)9-7-21/h5-10,15-16H,3-4,11-14H2,1-2H3,(H,27,32). The van der Waals surface area contributed by atoms with Crippen LogP contribution in [0, 0.1) is 11.3 Å². The SMILES string of the molecule is CCc1ccc2nc(N3CCCN(C(=S)Nc4ccc(OC)cc4)CC3)c(C#N)cc2c1. The van der Waals surface area contributed by atoms with E-state index in [1.807, 2.05) is 30.3 Å². The first-order valence-electron chi connectivity index (χ1n) is 10.9. The molecule has 0 saturated carbocycles. The average Bonchev–Trinajstić information content (AvgIpc) is 3.09. The molecule has 1 aliphatic heterocycles. The summed E-state index contributed by atoms with van der Waals surface area (Å²) in [5, 5.41) is 14.8. The van der Waals surface area contributed by atoms with Crippen molar-refractivity contribution in [2.45, 2.75) is 19.8 Å². The summed E-state index contributed by atoms with van der Waals surface area (Å²) in [6.45, 7) is 5.34. The Morgan fingerprint density at radius 3 is 2.66 bits per heavy atom. The second-order valence-electron chi connectivity index (χ2n) is 7.84. The minimum atomic E-state index is 0.623. The Morgan fingerprint density at radius 2 is 1.94 bits per heavy atom. The summed E-state index contributed by atoms with van der Waals surface area (Å²) in [6.07, 6.45) is 1.90. The van der Waals surface area contributed by atoms with Gasteiger partial charge in [0.15, 0.2) is 5.11 Å². The summed E-state index contributed by atoms with van der Waals surface area (Å²) in [5.41, 5.74) is 3.73. The molecule has 2 aromatic carbocycles. The van der Waals surface area contributed by atoms with Crippen LogP contribution in [0.25, 0.3) is 10.9 Å². The van der Waals surface area contributed by atoms with E-state index in [2.05, 4.69) is 46.3 Å². The highest BCUT2D eigenvalue weighted by Crippen LogP contribution is 2.25. The fourth-order valence-corrected chi connectivity index (χ4v) is 4.27. The third kappa shape index (κ3) is 4.76. The smallest absolute Gasteiger partial charge is 0.173 e. The largest absolute Gasteiger partial charge is 0.497 e. The lowest BCUT2D eigenvalue weighted by Crippen LogP contribution is -2.38. The van der Waals surface area contributed by atoms with Gasteiger partial charge in [-0.1, -0.05) is 13.0 Å². The zero-order chi connectivity index (χ0) is 22.5. The number of hydrogen-bond acceptors (Lipinski definition) is 5. The Morgan fingerprint density at radius 1 is 1.12 bits per heavy atom. The average molecular weight is 446 g/mol. The van der Waals surface area contributed by atoms with Gasteiger partial charge in [0.1, 0.15) is 17.6 Å². The number of hydrogen-bond donors (Lipinski definition) is 1. The van der Waals surface area contributed by atoms with E-state index < -0.39 is 0 Å². The topological polar surface area (TPSA) is 64.4 Å². The van der Waals surface area contributed by atoms with Gasteiger partial charge in [0, 0.05) is 37.3 Å². The molecule has 0 atom stereocenters. The summed E-state index contributed by atoms with van der Waals surface area (Å²) < 4.78 is 5.21. The monoisotopic (exact) mass is 445 g/mol. The molecular weight excluding hydrogens is 418 g/mol. The van der Waals surface area contributed by atoms with E-state index in [4.69, 9.17) is 21.9 Å². The number of thiocarbonyl (C=S) groups is 1. The molecule has 7 heteroatoms. The molecule has 0 unspecified atom stereocenters. The van der Waals surface area contributed by atoms with E-state index in [-0.39, 0.29) is 0 Å². The maximum atomic E-state index is 9.78. The Labute approximate surface area is 194 Å². The lowest BCUT2D eigenvalue weighted by Gasteiger charge is -2.25. The molecule has 0 radical (unpaired) electrons. The second-order valence-corrected chi connectivity index (χ2v) is 8.22. The van der Waals surface area contributed by atoms with E-state index in [1.165, 1.54) is 5.56 Å². The molecule has 1 aliphatic rings. The van der Waals surface area contributed by atoms with Crippen LogP contribution in [0.1, 0.15) is 24.5 Å². The number of nitriles is 1. The van der Waals surface area contributed by atoms with Crippen LogP contribution in [0.3, 0.4) is 0 Å². The molecule has 0 spiro atoms. The number of fused-ring (bicyclic) bond motifs is 1. The van der Waals surface area contributed by atoms with Crippen molar-refractivity contribution in [2.75, 3.05) is 43.5 Å². The highest BCUT2D eigenvalue weighted by atomic mass is 32.1. The molecule has 6 nitrogen and oxygen atoms in total. The number of nitrogens with one attached hydrogen (secondary N) is 1. The Hall–Kier alpha value is -3.37. The van der Waals surface area contributed by atoms with Crippen molar-refractivity contribution < 1.29 is 4.74 Å². The summed E-state index contributed by atoms with van der Waals surface area (Å²) in [4.78, 5) is 9.26. The molecule has 3 aromatic rings. The number of ether oxygens (including phenoxy) is 1. The first kappa shape index (κ1) is 21.8. The van der Waals surface area contributed by atoms with Gasteiger partial charge in [-0.05, 0) is 73.1 Å². The number of benzene rings is 2. The molecule has 1 N–H and O–H groups in total. The Kier molecular flexibility index (Phi) is 6.72. The molecule has 32 heavy (non-hydrogen) atoms. The number of nitrogens with zero attached hydrogens (tertiary/aromatic N) is 4. The summed E-state index contributed by atoms with van der Waals surface area (Å²) >= 11 is 5.67. The normalized spacial score (nSPS) is 14.0. The van der Waals surface area contributed by atoms with Crippen LogP contribution >= 0.6 is 12.2 Å². The lowest BCUT2D eigenvalue weighted by molar-refractivity contribution is 0.415. The summed E-state index contributed by atoms with van der Waals surface area (Å²) in [5.74, 6) is 1.58. The van der Waals surface area contributed by atoms with Crippen LogP contribution in [0.2, 0.25) is 0 Å². The van der Waals surface area contributed by atoms with Crippen LogP contribution in [0.15, 0.2) is 48.5 Å². The zero-order valence-corrected chi connectivity index (χ0v) is 19.3. The first-order chi connectivity index (χ1) is 15.6. The fraction of sp³-hybridized carbons (Fsp3) is 0.320. The number of rotatable bonds is 4. The minimum Gasteiger partial charge on any atom is -0.497 e. The minimum absolute atomic E-state index is 0.623. The molecule has 0 amide bonds. The maximum Gasteiger partial charge on any atom is 0.173 e. The lowest BCUT2D eigenvalue weighted by atomic mass is 10.1. The van der Waals surface area contributed by atoms with Crippen molar-refractivity contribution >= 4 is 39.7 Å². The molecule has 0 aliphatic carbocycles. The maximum absolute atomic E-state index is 9.78. The first-order valence-corrected chi connectivity index (χ1v) is 11.3. The van der Waals surface area contributed by atoms with Crippen LogP contribution in [-0.4, -0.2) is 48.3 Å². The predicted molar refractivity (Wildman–Crippen MR) is 133 cm³/mol. The molecule has 1 saturated heterocycles. The third-order valence-electron chi connectivity index (χ3n) is 5.81. The van der Waals surface area contributed by atoms with Crippen molar-refractivity contribution in [1.29, 1.82) is 5.26 Å². The number of anilines is 2. The van der Waals surface area contributed by atoms with Crippen LogP contribution in [-0.2, 0) is 6.42 Å². The van der Waals surface area contributed by atoms with Gasteiger partial charge in [-0.15, -0.1) is 0 Å². The highest BCUT2D eigenvalue weighted by molar-refractivity contribution is 7.80. The van der Waals surface area contributed by atoms with Crippen LogP contribution in [0.5, 0.6) is 5.75 Å². The third-order valence-corrected chi connectivity index (χ3v) is 6.17. The van der Waals surface area contributed by atoms with Crippen LogP contribution < -0.4 is 15.0 Å². The highest BCUT2D eigenvalue weighted by Gasteiger charge is 2.21. The molecule has 0 bridgehead atoms. The Balaban J connectivity index is 1.48. The molecule has 1 aromatic heterocycles. The molecule has 4 rings (SSSR count). The van der Waals surface area contributed by atoms with Gasteiger partial charge in [-0.2, -0.15) is 5.26 Å². The number of aromatic nitrogens is 1. The predicted octanol–water partition coefficient (Wildman–Crippen LogP) is 4.59. The van der Waals surface area contributed by atoms with Crippen LogP contribution in [0.4, 0.5) is 11.5 Å². The van der Waals surface area contributed by atoms with Crippen molar-refractivity contribution in [2.24, 2.45) is 0 Å². The zero-order valence-electron chi connectivity index (χ0n) is 18.5. The van der Waals surface area contributed by atoms with Crippen molar-refractivity contribution in [3.8, 4) is 11.8 Å². The van der Waals surface area contributed by atoms with Gasteiger partial charge < -0.3 is 19.9 Å². The summed E-state index contributed by atoms with van der Waals surface area (Å²) in [6, 6.07) is 18.3. The van der Waals surface area contributed by atoms with E-state index in [9.17, 15) is 5.26 Å². The van der Waals surface area contributed by atoms with E-state index >= 15 is 0 Å². The Bertz CT molecular complexity index is 1160. The van der Waals surface area contributed by atoms with Gasteiger partial charge >= 0.3 is 0 Å². The van der Waals surface area contributed by atoms with Crippen molar-refractivity contribution in [1.82, 2.24) is 9.88 Å².